The first-order chi connectivity index (χ1) is 8.66. The van der Waals surface area contributed by atoms with Crippen LogP contribution in [0.4, 0.5) is 0 Å². The van der Waals surface area contributed by atoms with Crippen LogP contribution < -0.4 is 10.9 Å². The Kier molecular flexibility index (Phi) is 7.45. The standard InChI is InChI=1S/C12H20IN3O2/c1-3-18-8-4-5-14-6-7-16-9-15-10(2)11(13)12(16)17/h9,14H,3-8H2,1-2H3. The lowest BCUT2D eigenvalue weighted by atomic mass is 10.4. The summed E-state index contributed by atoms with van der Waals surface area (Å²) in [5.74, 6) is 0. The summed E-state index contributed by atoms with van der Waals surface area (Å²) in [6.07, 6.45) is 2.61. The molecule has 0 aliphatic heterocycles. The molecule has 0 bridgehead atoms. The SMILES string of the molecule is CCOCCCNCCn1cnc(C)c(I)c1=O. The Balaban J connectivity index is 2.28. The van der Waals surface area contributed by atoms with E-state index in [4.69, 9.17) is 4.74 Å². The van der Waals surface area contributed by atoms with E-state index in [2.05, 4.69) is 10.3 Å². The first-order valence-corrected chi connectivity index (χ1v) is 7.24. The van der Waals surface area contributed by atoms with E-state index < -0.39 is 0 Å². The fourth-order valence-corrected chi connectivity index (χ4v) is 1.92. The maximum atomic E-state index is 11.9. The number of rotatable bonds is 8. The average molecular weight is 365 g/mol. The molecule has 0 aliphatic carbocycles. The largest absolute Gasteiger partial charge is 0.382 e. The van der Waals surface area contributed by atoms with Gasteiger partial charge in [-0.25, -0.2) is 4.98 Å². The van der Waals surface area contributed by atoms with Crippen LogP contribution in [0.5, 0.6) is 0 Å². The van der Waals surface area contributed by atoms with Crippen molar-refractivity contribution in [2.75, 3.05) is 26.3 Å². The van der Waals surface area contributed by atoms with Gasteiger partial charge < -0.3 is 10.1 Å². The summed E-state index contributed by atoms with van der Waals surface area (Å²) in [7, 11) is 0. The molecule has 18 heavy (non-hydrogen) atoms. The quantitative estimate of drug-likeness (QED) is 0.555. The number of aromatic nitrogens is 2. The topological polar surface area (TPSA) is 56.1 Å². The van der Waals surface area contributed by atoms with Gasteiger partial charge in [-0.15, -0.1) is 0 Å². The maximum absolute atomic E-state index is 11.9. The highest BCUT2D eigenvalue weighted by atomic mass is 127. The zero-order chi connectivity index (χ0) is 13.4. The third-order valence-corrected chi connectivity index (χ3v) is 3.77. The van der Waals surface area contributed by atoms with E-state index >= 15 is 0 Å². The van der Waals surface area contributed by atoms with Crippen LogP contribution in [0, 0.1) is 10.5 Å². The van der Waals surface area contributed by atoms with Gasteiger partial charge in [0.05, 0.1) is 15.6 Å². The number of nitrogens with zero attached hydrogens (tertiary/aromatic N) is 2. The smallest absolute Gasteiger partial charge is 0.267 e. The zero-order valence-electron chi connectivity index (χ0n) is 10.9. The van der Waals surface area contributed by atoms with Crippen LogP contribution in [0.15, 0.2) is 11.1 Å². The Morgan fingerprint density at radius 2 is 2.28 bits per heavy atom. The van der Waals surface area contributed by atoms with Crippen molar-refractivity contribution in [1.82, 2.24) is 14.9 Å². The number of aryl methyl sites for hydroxylation is 1. The van der Waals surface area contributed by atoms with Gasteiger partial charge in [0.2, 0.25) is 0 Å². The zero-order valence-corrected chi connectivity index (χ0v) is 13.1. The van der Waals surface area contributed by atoms with Crippen LogP contribution in [-0.4, -0.2) is 35.9 Å². The Labute approximate surface area is 121 Å². The van der Waals surface area contributed by atoms with Crippen molar-refractivity contribution in [3.8, 4) is 0 Å². The molecule has 1 aromatic heterocycles. The molecule has 1 aromatic rings. The minimum absolute atomic E-state index is 0.0409. The molecule has 0 spiro atoms. The van der Waals surface area contributed by atoms with E-state index in [1.165, 1.54) is 0 Å². The van der Waals surface area contributed by atoms with Crippen molar-refractivity contribution in [2.24, 2.45) is 0 Å². The molecule has 1 rings (SSSR count). The number of halogens is 1. The maximum Gasteiger partial charge on any atom is 0.267 e. The van der Waals surface area contributed by atoms with Gasteiger partial charge in [-0.2, -0.15) is 0 Å². The predicted octanol–water partition coefficient (Wildman–Crippen LogP) is 1.17. The van der Waals surface area contributed by atoms with Gasteiger partial charge in [0, 0.05) is 26.3 Å². The van der Waals surface area contributed by atoms with Gasteiger partial charge in [0.1, 0.15) is 0 Å². The van der Waals surface area contributed by atoms with Crippen molar-refractivity contribution in [3.63, 3.8) is 0 Å². The van der Waals surface area contributed by atoms with E-state index in [9.17, 15) is 4.79 Å². The number of nitrogens with one attached hydrogen (secondary N) is 1. The summed E-state index contributed by atoms with van der Waals surface area (Å²) in [6, 6.07) is 0. The van der Waals surface area contributed by atoms with E-state index in [0.717, 1.165) is 38.4 Å². The molecule has 5 nitrogen and oxygen atoms in total. The third kappa shape index (κ3) is 5.03. The molecule has 0 radical (unpaired) electrons. The highest BCUT2D eigenvalue weighted by Gasteiger charge is 2.04. The van der Waals surface area contributed by atoms with E-state index in [0.29, 0.717) is 10.1 Å². The van der Waals surface area contributed by atoms with Gasteiger partial charge in [-0.1, -0.05) is 0 Å². The van der Waals surface area contributed by atoms with Crippen molar-refractivity contribution in [2.45, 2.75) is 26.8 Å². The monoisotopic (exact) mass is 365 g/mol. The van der Waals surface area contributed by atoms with Crippen molar-refractivity contribution in [3.05, 3.63) is 25.9 Å². The first kappa shape index (κ1) is 15.6. The van der Waals surface area contributed by atoms with Crippen LogP contribution in [0.3, 0.4) is 0 Å². The number of hydrogen-bond donors (Lipinski definition) is 1. The Morgan fingerprint density at radius 3 is 3.00 bits per heavy atom. The molecule has 0 fully saturated rings. The molecule has 0 aliphatic rings. The molecule has 102 valence electrons. The van der Waals surface area contributed by atoms with Crippen molar-refractivity contribution in [1.29, 1.82) is 0 Å². The second-order valence-electron chi connectivity index (χ2n) is 3.94. The minimum atomic E-state index is 0.0409. The van der Waals surface area contributed by atoms with Gasteiger partial charge in [0.25, 0.3) is 5.56 Å². The minimum Gasteiger partial charge on any atom is -0.382 e. The molecule has 1 heterocycles. The molecule has 0 aromatic carbocycles. The van der Waals surface area contributed by atoms with Gasteiger partial charge >= 0.3 is 0 Å². The van der Waals surface area contributed by atoms with Crippen LogP contribution in [0.25, 0.3) is 0 Å². The fourth-order valence-electron chi connectivity index (χ4n) is 1.47. The molecule has 1 N–H and O–H groups in total. The Hall–Kier alpha value is -0.470. The predicted molar refractivity (Wildman–Crippen MR) is 79.9 cm³/mol. The summed E-state index contributed by atoms with van der Waals surface area (Å²) < 4.78 is 7.58. The van der Waals surface area contributed by atoms with Crippen LogP contribution in [0.2, 0.25) is 0 Å². The van der Waals surface area contributed by atoms with Crippen molar-refractivity contribution >= 4 is 22.6 Å². The highest BCUT2D eigenvalue weighted by molar-refractivity contribution is 14.1. The molecule has 0 saturated heterocycles. The number of ether oxygens (including phenoxy) is 1. The lowest BCUT2D eigenvalue weighted by Gasteiger charge is -2.08. The van der Waals surface area contributed by atoms with Crippen LogP contribution in [0.1, 0.15) is 19.0 Å². The highest BCUT2D eigenvalue weighted by Crippen LogP contribution is 2.00. The molecule has 6 heteroatoms. The molecular weight excluding hydrogens is 345 g/mol. The fraction of sp³-hybridized carbons (Fsp3) is 0.667. The van der Waals surface area contributed by atoms with E-state index in [1.54, 1.807) is 10.9 Å². The molecule has 0 atom stereocenters. The van der Waals surface area contributed by atoms with Gasteiger partial charge in [-0.05, 0) is 49.4 Å². The summed E-state index contributed by atoms with van der Waals surface area (Å²) >= 11 is 2.05. The van der Waals surface area contributed by atoms with Gasteiger partial charge in [-0.3, -0.25) is 9.36 Å². The summed E-state index contributed by atoms with van der Waals surface area (Å²) in [5, 5.41) is 3.28. The van der Waals surface area contributed by atoms with E-state index in [-0.39, 0.29) is 5.56 Å². The lowest BCUT2D eigenvalue weighted by molar-refractivity contribution is 0.145. The van der Waals surface area contributed by atoms with Gasteiger partial charge in [0.15, 0.2) is 0 Å². The normalized spacial score (nSPS) is 10.8. The second-order valence-corrected chi connectivity index (χ2v) is 5.02. The second kappa shape index (κ2) is 8.60. The summed E-state index contributed by atoms with van der Waals surface area (Å²) in [5.41, 5.74) is 0.834. The van der Waals surface area contributed by atoms with E-state index in [1.807, 2.05) is 36.4 Å². The molecule has 0 saturated carbocycles. The molecule has 0 unspecified atom stereocenters. The van der Waals surface area contributed by atoms with Crippen LogP contribution in [-0.2, 0) is 11.3 Å². The Bertz CT molecular complexity index is 420. The summed E-state index contributed by atoms with van der Waals surface area (Å²) in [6.45, 7) is 7.72. The molecule has 0 amide bonds. The lowest BCUT2D eigenvalue weighted by Crippen LogP contribution is -2.29. The number of hydrogen-bond acceptors (Lipinski definition) is 4. The Morgan fingerprint density at radius 1 is 1.50 bits per heavy atom. The van der Waals surface area contributed by atoms with Crippen molar-refractivity contribution < 1.29 is 4.74 Å². The third-order valence-electron chi connectivity index (χ3n) is 2.53. The average Bonchev–Trinajstić information content (AvgIpc) is 2.37. The van der Waals surface area contributed by atoms with Crippen LogP contribution >= 0.6 is 22.6 Å². The molecular formula is C12H20IN3O2. The first-order valence-electron chi connectivity index (χ1n) is 6.16. The summed E-state index contributed by atoms with van der Waals surface area (Å²) in [4.78, 5) is 16.0.